The number of guanidine groups is 1. The van der Waals surface area contributed by atoms with Crippen LogP contribution in [0.15, 0.2) is 29.3 Å². The van der Waals surface area contributed by atoms with E-state index >= 15 is 0 Å². The monoisotopic (exact) mass is 471 g/mol. The summed E-state index contributed by atoms with van der Waals surface area (Å²) >= 11 is 0. The molecule has 1 fully saturated rings. The van der Waals surface area contributed by atoms with Gasteiger partial charge in [0.05, 0.1) is 6.61 Å². The van der Waals surface area contributed by atoms with E-state index in [0.29, 0.717) is 6.61 Å². The molecule has 0 unspecified atom stereocenters. The number of nitrogens with one attached hydrogen (secondary N) is 1. The van der Waals surface area contributed by atoms with Crippen LogP contribution in [-0.4, -0.2) is 57.9 Å². The van der Waals surface area contributed by atoms with Gasteiger partial charge in [0.2, 0.25) is 0 Å². The van der Waals surface area contributed by atoms with Gasteiger partial charge in [0.25, 0.3) is 0 Å². The van der Waals surface area contributed by atoms with E-state index in [0.717, 1.165) is 50.4 Å². The minimum atomic E-state index is 0. The normalized spacial score (nSPS) is 13.5. The molecule has 0 saturated heterocycles. The van der Waals surface area contributed by atoms with Gasteiger partial charge in [-0.15, -0.1) is 30.4 Å². The van der Waals surface area contributed by atoms with Crippen molar-refractivity contribution in [1.29, 1.82) is 0 Å². The molecule has 0 heterocycles. The van der Waals surface area contributed by atoms with Crippen LogP contribution in [0.4, 0.5) is 0 Å². The molecule has 1 aliphatic rings. The molecule has 5 nitrogen and oxygen atoms in total. The van der Waals surface area contributed by atoms with Gasteiger partial charge in [-0.25, -0.2) is 0 Å². The van der Waals surface area contributed by atoms with Crippen LogP contribution in [0.3, 0.4) is 0 Å². The first-order valence-corrected chi connectivity index (χ1v) is 8.87. The maximum Gasteiger partial charge on any atom is 0.193 e. The minimum Gasteiger partial charge on any atom is -0.481 e. The Kier molecular flexibility index (Phi) is 11.1. The summed E-state index contributed by atoms with van der Waals surface area (Å²) in [5.41, 5.74) is 1.24. The lowest BCUT2D eigenvalue weighted by Crippen LogP contribution is -2.41. The third kappa shape index (κ3) is 8.77. The third-order valence-corrected chi connectivity index (χ3v) is 4.14. The second-order valence-electron chi connectivity index (χ2n) is 6.30. The Bertz CT molecular complexity index is 580. The molecule has 2 rings (SSSR count). The topological polar surface area (TPSA) is 46.1 Å². The van der Waals surface area contributed by atoms with Gasteiger partial charge < -0.3 is 19.7 Å². The Morgan fingerprint density at radius 2 is 2.08 bits per heavy atom. The number of halogens is 1. The lowest BCUT2D eigenvalue weighted by atomic mass is 10.1. The van der Waals surface area contributed by atoms with Crippen molar-refractivity contribution < 1.29 is 9.47 Å². The lowest BCUT2D eigenvalue weighted by Gasteiger charge is -2.22. The van der Waals surface area contributed by atoms with Crippen LogP contribution in [-0.2, 0) is 11.2 Å². The number of hydrogen-bond donors (Lipinski definition) is 1. The van der Waals surface area contributed by atoms with Crippen LogP contribution in [0.2, 0.25) is 0 Å². The molecule has 1 N–H and O–H groups in total. The largest absolute Gasteiger partial charge is 0.481 e. The van der Waals surface area contributed by atoms with Gasteiger partial charge >= 0.3 is 0 Å². The molecule has 0 radical (unpaired) electrons. The van der Waals surface area contributed by atoms with E-state index in [1.165, 1.54) is 18.4 Å². The van der Waals surface area contributed by atoms with Crippen molar-refractivity contribution in [3.05, 3.63) is 29.8 Å². The van der Waals surface area contributed by atoms with E-state index in [-0.39, 0.29) is 24.0 Å². The standard InChI is InChI=1S/C20H29N3O2.HI/c1-4-14-25-19-9-7-17(8-10-19)11-12-22-20(21-2)23(3)13-15-24-16-18-5-6-18;/h1,7-10,18H,5-6,11-16H2,2-3H3,(H,21,22);1H. The first kappa shape index (κ1) is 22.6. The van der Waals surface area contributed by atoms with Gasteiger partial charge in [-0.3, -0.25) is 4.99 Å². The third-order valence-electron chi connectivity index (χ3n) is 4.14. The summed E-state index contributed by atoms with van der Waals surface area (Å²) in [6.07, 6.45) is 8.76. The fourth-order valence-corrected chi connectivity index (χ4v) is 2.42. The van der Waals surface area contributed by atoms with Crippen molar-refractivity contribution >= 4 is 29.9 Å². The van der Waals surface area contributed by atoms with Gasteiger partial charge in [0, 0.05) is 33.8 Å². The van der Waals surface area contributed by atoms with E-state index in [1.54, 1.807) is 0 Å². The van der Waals surface area contributed by atoms with Crippen LogP contribution < -0.4 is 10.1 Å². The summed E-state index contributed by atoms with van der Waals surface area (Å²) in [6.45, 7) is 3.61. The van der Waals surface area contributed by atoms with Crippen LogP contribution in [0.5, 0.6) is 5.75 Å². The Labute approximate surface area is 174 Å². The van der Waals surface area contributed by atoms with Crippen LogP contribution in [0, 0.1) is 18.3 Å². The number of aliphatic imine (C=N–C) groups is 1. The minimum absolute atomic E-state index is 0. The Hall–Kier alpha value is -1.46. The average molecular weight is 471 g/mol. The van der Waals surface area contributed by atoms with Crippen molar-refractivity contribution in [2.75, 3.05) is 47.0 Å². The molecule has 144 valence electrons. The first-order chi connectivity index (χ1) is 12.2. The van der Waals surface area contributed by atoms with E-state index in [9.17, 15) is 0 Å². The quantitative estimate of drug-likeness (QED) is 0.188. The van der Waals surface area contributed by atoms with E-state index < -0.39 is 0 Å². The van der Waals surface area contributed by atoms with Crippen LogP contribution in [0.25, 0.3) is 0 Å². The SMILES string of the molecule is C#CCOc1ccc(CCNC(=NC)N(C)CCOCC2CC2)cc1.I. The fourth-order valence-electron chi connectivity index (χ4n) is 2.42. The van der Waals surface area contributed by atoms with Gasteiger partial charge in [-0.1, -0.05) is 18.1 Å². The smallest absolute Gasteiger partial charge is 0.193 e. The molecule has 1 aliphatic carbocycles. The molecular formula is C20H30IN3O2. The highest BCUT2D eigenvalue weighted by Crippen LogP contribution is 2.28. The number of nitrogens with zero attached hydrogens (tertiary/aromatic N) is 2. The highest BCUT2D eigenvalue weighted by Gasteiger charge is 2.21. The van der Waals surface area contributed by atoms with E-state index in [1.807, 2.05) is 26.2 Å². The molecule has 1 aromatic carbocycles. The fraction of sp³-hybridized carbons (Fsp3) is 0.550. The van der Waals surface area contributed by atoms with Crippen molar-refractivity contribution in [2.24, 2.45) is 10.9 Å². The predicted octanol–water partition coefficient (Wildman–Crippen LogP) is 2.79. The summed E-state index contributed by atoms with van der Waals surface area (Å²) in [4.78, 5) is 6.43. The maximum absolute atomic E-state index is 5.69. The zero-order chi connectivity index (χ0) is 17.9. The number of benzene rings is 1. The number of hydrogen-bond acceptors (Lipinski definition) is 3. The van der Waals surface area contributed by atoms with Crippen molar-refractivity contribution in [2.45, 2.75) is 19.3 Å². The van der Waals surface area contributed by atoms with E-state index in [2.05, 4.69) is 33.3 Å². The average Bonchev–Trinajstić information content (AvgIpc) is 3.46. The summed E-state index contributed by atoms with van der Waals surface area (Å²) in [5, 5.41) is 3.39. The van der Waals surface area contributed by atoms with Gasteiger partial charge in [-0.2, -0.15) is 0 Å². The molecule has 0 amide bonds. The second kappa shape index (κ2) is 12.8. The molecule has 0 aromatic heterocycles. The Balaban J connectivity index is 0.00000338. The molecule has 0 bridgehead atoms. The summed E-state index contributed by atoms with van der Waals surface area (Å²) in [6, 6.07) is 8.02. The number of likely N-dealkylation sites (N-methyl/N-ethyl adjacent to an activating group) is 1. The predicted molar refractivity (Wildman–Crippen MR) is 117 cm³/mol. The summed E-state index contributed by atoms with van der Waals surface area (Å²) < 4.78 is 11.1. The number of rotatable bonds is 10. The lowest BCUT2D eigenvalue weighted by molar-refractivity contribution is 0.115. The van der Waals surface area contributed by atoms with Gasteiger partial charge in [0.1, 0.15) is 12.4 Å². The molecule has 0 spiro atoms. The number of terminal acetylenes is 1. The molecule has 0 aliphatic heterocycles. The Morgan fingerprint density at radius 1 is 1.35 bits per heavy atom. The maximum atomic E-state index is 5.69. The van der Waals surface area contributed by atoms with Crippen molar-refractivity contribution in [3.63, 3.8) is 0 Å². The van der Waals surface area contributed by atoms with Crippen LogP contribution in [0.1, 0.15) is 18.4 Å². The highest BCUT2D eigenvalue weighted by molar-refractivity contribution is 14.0. The molecule has 1 saturated carbocycles. The van der Waals surface area contributed by atoms with E-state index in [4.69, 9.17) is 15.9 Å². The van der Waals surface area contributed by atoms with Crippen molar-refractivity contribution in [1.82, 2.24) is 10.2 Å². The highest BCUT2D eigenvalue weighted by atomic mass is 127. The number of ether oxygens (including phenoxy) is 2. The second-order valence-corrected chi connectivity index (χ2v) is 6.30. The Morgan fingerprint density at radius 3 is 2.69 bits per heavy atom. The molecular weight excluding hydrogens is 441 g/mol. The molecule has 0 atom stereocenters. The first-order valence-electron chi connectivity index (χ1n) is 8.87. The van der Waals surface area contributed by atoms with Gasteiger partial charge in [-0.05, 0) is 42.9 Å². The zero-order valence-electron chi connectivity index (χ0n) is 15.7. The van der Waals surface area contributed by atoms with Gasteiger partial charge in [0.15, 0.2) is 5.96 Å². The zero-order valence-corrected chi connectivity index (χ0v) is 18.1. The summed E-state index contributed by atoms with van der Waals surface area (Å²) in [5.74, 6) is 4.97. The summed E-state index contributed by atoms with van der Waals surface area (Å²) in [7, 11) is 3.84. The molecule has 1 aromatic rings. The van der Waals surface area contributed by atoms with Crippen LogP contribution >= 0.6 is 24.0 Å². The molecule has 26 heavy (non-hydrogen) atoms. The molecule has 6 heteroatoms. The van der Waals surface area contributed by atoms with Crippen molar-refractivity contribution in [3.8, 4) is 18.1 Å².